The number of rotatable bonds is 3. The minimum atomic E-state index is -0.417. The van der Waals surface area contributed by atoms with Crippen molar-refractivity contribution in [3.8, 4) is 0 Å². The number of likely N-dealkylation sites (tertiary alicyclic amines) is 1. The summed E-state index contributed by atoms with van der Waals surface area (Å²) in [6.07, 6.45) is 2.84. The second-order valence-electron chi connectivity index (χ2n) is 5.45. The summed E-state index contributed by atoms with van der Waals surface area (Å²) in [5, 5.41) is 0. The highest BCUT2D eigenvalue weighted by Gasteiger charge is 2.29. The molecule has 21 heavy (non-hydrogen) atoms. The number of amides is 1. The molecule has 5 heteroatoms. The van der Waals surface area contributed by atoms with Crippen LogP contribution in [0.4, 0.5) is 4.39 Å². The van der Waals surface area contributed by atoms with E-state index in [2.05, 4.69) is 4.74 Å². The maximum absolute atomic E-state index is 13.5. The van der Waals surface area contributed by atoms with Gasteiger partial charge in [0, 0.05) is 18.2 Å². The van der Waals surface area contributed by atoms with Crippen molar-refractivity contribution in [2.75, 3.05) is 13.7 Å². The number of piperidine rings is 1. The average Bonchev–Trinajstić information content (AvgIpc) is 2.46. The largest absolute Gasteiger partial charge is 0.469 e. The lowest BCUT2D eigenvalue weighted by molar-refractivity contribution is -0.142. The van der Waals surface area contributed by atoms with E-state index in [1.807, 2.05) is 0 Å². The van der Waals surface area contributed by atoms with E-state index in [9.17, 15) is 14.0 Å². The van der Waals surface area contributed by atoms with Gasteiger partial charge in [0.25, 0.3) is 5.91 Å². The minimum Gasteiger partial charge on any atom is -0.469 e. The second-order valence-corrected chi connectivity index (χ2v) is 5.45. The smallest absolute Gasteiger partial charge is 0.307 e. The summed E-state index contributed by atoms with van der Waals surface area (Å²) in [5.74, 6) is -0.957. The molecule has 1 aliphatic rings. The van der Waals surface area contributed by atoms with Crippen molar-refractivity contribution in [2.45, 2.75) is 38.6 Å². The van der Waals surface area contributed by atoms with Crippen LogP contribution in [0.15, 0.2) is 18.2 Å². The molecule has 1 aromatic rings. The van der Waals surface area contributed by atoms with E-state index in [0.717, 1.165) is 19.3 Å². The molecular weight excluding hydrogens is 273 g/mol. The standard InChI is InChI=1S/C16H20FNO3/c1-11-7-12(9-13(17)8-11)16(20)18-6-4-3-5-14(18)10-15(19)21-2/h7-9,14H,3-6,10H2,1-2H3/t14-/m1/s1. The molecule has 0 unspecified atom stereocenters. The van der Waals surface area contributed by atoms with Crippen molar-refractivity contribution in [3.63, 3.8) is 0 Å². The van der Waals surface area contributed by atoms with E-state index in [4.69, 9.17) is 0 Å². The third kappa shape index (κ3) is 3.80. The van der Waals surface area contributed by atoms with Crippen LogP contribution >= 0.6 is 0 Å². The summed E-state index contributed by atoms with van der Waals surface area (Å²) < 4.78 is 18.2. The maximum atomic E-state index is 13.5. The Morgan fingerprint density at radius 3 is 2.76 bits per heavy atom. The van der Waals surface area contributed by atoms with Gasteiger partial charge in [-0.1, -0.05) is 0 Å². The van der Waals surface area contributed by atoms with Gasteiger partial charge in [-0.15, -0.1) is 0 Å². The number of hydrogen-bond donors (Lipinski definition) is 0. The summed E-state index contributed by atoms with van der Waals surface area (Å²) in [6, 6.07) is 4.15. The minimum absolute atomic E-state index is 0.165. The van der Waals surface area contributed by atoms with Gasteiger partial charge in [-0.05, 0) is 49.9 Å². The molecule has 0 spiro atoms. The number of carbonyl (C=O) groups is 2. The zero-order valence-corrected chi connectivity index (χ0v) is 12.4. The van der Waals surface area contributed by atoms with E-state index in [1.165, 1.54) is 19.2 Å². The lowest BCUT2D eigenvalue weighted by Crippen LogP contribution is -2.44. The third-order valence-corrected chi connectivity index (χ3v) is 3.81. The van der Waals surface area contributed by atoms with Gasteiger partial charge in [0.05, 0.1) is 13.5 Å². The van der Waals surface area contributed by atoms with Crippen LogP contribution < -0.4 is 0 Å². The molecule has 4 nitrogen and oxygen atoms in total. The predicted molar refractivity (Wildman–Crippen MR) is 76.4 cm³/mol. The van der Waals surface area contributed by atoms with Gasteiger partial charge in [-0.25, -0.2) is 4.39 Å². The van der Waals surface area contributed by atoms with Crippen LogP contribution in [0.3, 0.4) is 0 Å². The molecule has 1 fully saturated rings. The Balaban J connectivity index is 2.19. The number of aryl methyl sites for hydroxylation is 1. The van der Waals surface area contributed by atoms with E-state index in [1.54, 1.807) is 17.9 Å². The van der Waals surface area contributed by atoms with Crippen molar-refractivity contribution >= 4 is 11.9 Å². The Morgan fingerprint density at radius 1 is 1.33 bits per heavy atom. The summed E-state index contributed by atoms with van der Waals surface area (Å²) in [6.45, 7) is 2.35. The van der Waals surface area contributed by atoms with Crippen molar-refractivity contribution in [2.24, 2.45) is 0 Å². The summed E-state index contributed by atoms with van der Waals surface area (Å²) >= 11 is 0. The molecule has 0 radical (unpaired) electrons. The Hall–Kier alpha value is -1.91. The Kier molecular flexibility index (Phi) is 4.94. The first-order chi connectivity index (χ1) is 10.0. The van der Waals surface area contributed by atoms with Crippen LogP contribution in [-0.4, -0.2) is 36.5 Å². The molecule has 1 aromatic carbocycles. The molecule has 1 amide bonds. The fourth-order valence-corrected chi connectivity index (χ4v) is 2.78. The topological polar surface area (TPSA) is 46.6 Å². The fraction of sp³-hybridized carbons (Fsp3) is 0.500. The molecule has 114 valence electrons. The fourth-order valence-electron chi connectivity index (χ4n) is 2.78. The van der Waals surface area contributed by atoms with Crippen LogP contribution in [0.25, 0.3) is 0 Å². The van der Waals surface area contributed by atoms with Crippen molar-refractivity contribution in [1.29, 1.82) is 0 Å². The Bertz CT molecular complexity index is 524. The SMILES string of the molecule is COC(=O)C[C@H]1CCCCN1C(=O)c1cc(C)cc(F)c1. The molecule has 1 heterocycles. The first-order valence-corrected chi connectivity index (χ1v) is 7.16. The molecule has 1 atom stereocenters. The van der Waals surface area contributed by atoms with E-state index in [-0.39, 0.29) is 24.3 Å². The molecule has 0 bridgehead atoms. The maximum Gasteiger partial charge on any atom is 0.307 e. The van der Waals surface area contributed by atoms with Gasteiger partial charge in [0.15, 0.2) is 0 Å². The molecule has 0 N–H and O–H groups in total. The predicted octanol–water partition coefficient (Wildman–Crippen LogP) is 2.69. The molecule has 1 saturated heterocycles. The summed E-state index contributed by atoms with van der Waals surface area (Å²) in [7, 11) is 1.34. The van der Waals surface area contributed by atoms with Gasteiger partial charge in [-0.3, -0.25) is 9.59 Å². The molecule has 1 aliphatic heterocycles. The molecular formula is C16H20FNO3. The monoisotopic (exact) mass is 293 g/mol. The Morgan fingerprint density at radius 2 is 2.10 bits per heavy atom. The highest BCUT2D eigenvalue weighted by Crippen LogP contribution is 2.23. The lowest BCUT2D eigenvalue weighted by atomic mass is 9.98. The highest BCUT2D eigenvalue weighted by atomic mass is 19.1. The van der Waals surface area contributed by atoms with Crippen LogP contribution in [0.5, 0.6) is 0 Å². The number of esters is 1. The lowest BCUT2D eigenvalue weighted by Gasteiger charge is -2.35. The van der Waals surface area contributed by atoms with Crippen molar-refractivity contribution < 1.29 is 18.7 Å². The van der Waals surface area contributed by atoms with Gasteiger partial charge >= 0.3 is 5.97 Å². The van der Waals surface area contributed by atoms with E-state index in [0.29, 0.717) is 17.7 Å². The van der Waals surface area contributed by atoms with Crippen LogP contribution in [-0.2, 0) is 9.53 Å². The van der Waals surface area contributed by atoms with E-state index < -0.39 is 5.82 Å². The number of benzene rings is 1. The Labute approximate surface area is 123 Å². The molecule has 0 aromatic heterocycles. The molecule has 0 aliphatic carbocycles. The van der Waals surface area contributed by atoms with Crippen LogP contribution in [0.2, 0.25) is 0 Å². The van der Waals surface area contributed by atoms with Crippen LogP contribution in [0.1, 0.15) is 41.6 Å². The number of nitrogens with zero attached hydrogens (tertiary/aromatic N) is 1. The number of halogens is 1. The summed E-state index contributed by atoms with van der Waals surface area (Å²) in [5.41, 5.74) is 1.05. The molecule has 0 saturated carbocycles. The van der Waals surface area contributed by atoms with Crippen molar-refractivity contribution in [3.05, 3.63) is 35.1 Å². The summed E-state index contributed by atoms with van der Waals surface area (Å²) in [4.78, 5) is 25.7. The molecule has 2 rings (SSSR count). The van der Waals surface area contributed by atoms with Gasteiger partial charge < -0.3 is 9.64 Å². The van der Waals surface area contributed by atoms with Gasteiger partial charge in [0.1, 0.15) is 5.82 Å². The zero-order valence-electron chi connectivity index (χ0n) is 12.4. The van der Waals surface area contributed by atoms with Crippen LogP contribution in [0, 0.1) is 12.7 Å². The number of hydrogen-bond acceptors (Lipinski definition) is 3. The second kappa shape index (κ2) is 6.70. The third-order valence-electron chi connectivity index (χ3n) is 3.81. The van der Waals surface area contributed by atoms with Gasteiger partial charge in [0.2, 0.25) is 0 Å². The average molecular weight is 293 g/mol. The first-order valence-electron chi connectivity index (χ1n) is 7.16. The first kappa shape index (κ1) is 15.5. The highest BCUT2D eigenvalue weighted by molar-refractivity contribution is 5.95. The number of methoxy groups -OCH3 is 1. The zero-order chi connectivity index (χ0) is 15.4. The quantitative estimate of drug-likeness (QED) is 0.805. The van der Waals surface area contributed by atoms with Gasteiger partial charge in [-0.2, -0.15) is 0 Å². The van der Waals surface area contributed by atoms with E-state index >= 15 is 0 Å². The number of carbonyl (C=O) groups excluding carboxylic acids is 2. The van der Waals surface area contributed by atoms with Crippen molar-refractivity contribution in [1.82, 2.24) is 4.90 Å². The number of ether oxygens (including phenoxy) is 1. The normalized spacial score (nSPS) is 18.4.